The van der Waals surface area contributed by atoms with Crippen molar-refractivity contribution in [1.82, 2.24) is 9.55 Å². The maximum atomic E-state index is 10.7. The lowest BCUT2D eigenvalue weighted by molar-refractivity contribution is 0.0677. The van der Waals surface area contributed by atoms with Gasteiger partial charge in [-0.1, -0.05) is 0 Å². The Labute approximate surface area is 74.6 Å². The molecule has 2 rings (SSSR count). The fourth-order valence-electron chi connectivity index (χ4n) is 1.66. The summed E-state index contributed by atoms with van der Waals surface area (Å²) >= 11 is 0. The van der Waals surface area contributed by atoms with Crippen LogP contribution >= 0.6 is 0 Å². The van der Waals surface area contributed by atoms with Crippen LogP contribution in [0.15, 0.2) is 6.33 Å². The minimum absolute atomic E-state index is 0.0683. The van der Waals surface area contributed by atoms with E-state index in [0.717, 1.165) is 6.42 Å². The molecule has 5 nitrogen and oxygen atoms in total. The zero-order valence-electron chi connectivity index (χ0n) is 6.97. The highest BCUT2D eigenvalue weighted by Gasteiger charge is 2.23. The van der Waals surface area contributed by atoms with E-state index in [9.17, 15) is 9.90 Å². The Morgan fingerprint density at radius 3 is 3.15 bits per heavy atom. The highest BCUT2D eigenvalue weighted by molar-refractivity contribution is 5.86. The third kappa shape index (κ3) is 1.21. The van der Waals surface area contributed by atoms with Crippen molar-refractivity contribution in [2.45, 2.75) is 25.5 Å². The molecule has 0 aliphatic carbocycles. The van der Waals surface area contributed by atoms with E-state index in [1.807, 2.05) is 0 Å². The molecule has 13 heavy (non-hydrogen) atoms. The Balaban J connectivity index is 2.47. The third-order valence-electron chi connectivity index (χ3n) is 2.30. The first-order chi connectivity index (χ1) is 6.20. The van der Waals surface area contributed by atoms with Gasteiger partial charge in [-0.05, 0) is 19.3 Å². The van der Waals surface area contributed by atoms with Gasteiger partial charge in [0.25, 0.3) is 0 Å². The Hall–Kier alpha value is -1.36. The van der Waals surface area contributed by atoms with E-state index >= 15 is 0 Å². The molecular weight excluding hydrogens is 172 g/mol. The van der Waals surface area contributed by atoms with Crippen LogP contribution in [-0.4, -0.2) is 25.7 Å². The van der Waals surface area contributed by atoms with E-state index in [4.69, 9.17) is 5.11 Å². The van der Waals surface area contributed by atoms with Crippen LogP contribution in [0.5, 0.6) is 0 Å². The molecule has 0 amide bonds. The zero-order chi connectivity index (χ0) is 9.42. The maximum Gasteiger partial charge on any atom is 0.356 e. The van der Waals surface area contributed by atoms with Gasteiger partial charge in [-0.2, -0.15) is 0 Å². The zero-order valence-corrected chi connectivity index (χ0v) is 6.97. The van der Waals surface area contributed by atoms with Crippen molar-refractivity contribution in [3.63, 3.8) is 0 Å². The van der Waals surface area contributed by atoms with E-state index in [2.05, 4.69) is 4.98 Å². The molecule has 0 fully saturated rings. The van der Waals surface area contributed by atoms with E-state index in [-0.39, 0.29) is 5.69 Å². The summed E-state index contributed by atoms with van der Waals surface area (Å²) in [5, 5.41) is 18.2. The summed E-state index contributed by atoms with van der Waals surface area (Å²) in [6.45, 7) is 0. The topological polar surface area (TPSA) is 75.3 Å². The fraction of sp³-hybridized carbons (Fsp3) is 0.500. The summed E-state index contributed by atoms with van der Waals surface area (Å²) in [4.78, 5) is 14.4. The van der Waals surface area contributed by atoms with E-state index in [1.165, 1.54) is 10.9 Å². The van der Waals surface area contributed by atoms with Crippen molar-refractivity contribution in [1.29, 1.82) is 0 Å². The first kappa shape index (κ1) is 8.25. The van der Waals surface area contributed by atoms with Gasteiger partial charge in [-0.15, -0.1) is 0 Å². The lowest BCUT2D eigenvalue weighted by atomic mass is 10.1. The number of hydrogen-bond donors (Lipinski definition) is 2. The van der Waals surface area contributed by atoms with Gasteiger partial charge in [0.1, 0.15) is 6.23 Å². The highest BCUT2D eigenvalue weighted by Crippen LogP contribution is 2.24. The quantitative estimate of drug-likeness (QED) is 0.659. The molecule has 0 saturated carbocycles. The van der Waals surface area contributed by atoms with Crippen LogP contribution < -0.4 is 0 Å². The Kier molecular flexibility index (Phi) is 1.81. The van der Waals surface area contributed by atoms with Crippen molar-refractivity contribution in [3.8, 4) is 0 Å². The summed E-state index contributed by atoms with van der Waals surface area (Å²) in [7, 11) is 0. The molecule has 2 heterocycles. The van der Waals surface area contributed by atoms with Crippen LogP contribution in [0.3, 0.4) is 0 Å². The smallest absolute Gasteiger partial charge is 0.356 e. The monoisotopic (exact) mass is 182 g/mol. The van der Waals surface area contributed by atoms with Gasteiger partial charge < -0.3 is 14.8 Å². The Bertz CT molecular complexity index is 345. The number of rotatable bonds is 1. The minimum Gasteiger partial charge on any atom is -0.476 e. The number of carboxylic acids is 1. The molecule has 2 N–H and O–H groups in total. The van der Waals surface area contributed by atoms with Crippen molar-refractivity contribution in [3.05, 3.63) is 17.7 Å². The number of imidazole rings is 1. The second-order valence-corrected chi connectivity index (χ2v) is 3.13. The largest absolute Gasteiger partial charge is 0.476 e. The molecule has 0 spiro atoms. The maximum absolute atomic E-state index is 10.7. The van der Waals surface area contributed by atoms with Crippen LogP contribution in [-0.2, 0) is 6.42 Å². The molecule has 1 atom stereocenters. The number of fused-ring (bicyclic) bond motifs is 1. The average Bonchev–Trinajstić information content (AvgIpc) is 2.48. The number of aliphatic hydroxyl groups is 1. The Morgan fingerprint density at radius 2 is 2.46 bits per heavy atom. The van der Waals surface area contributed by atoms with Gasteiger partial charge >= 0.3 is 5.97 Å². The molecular formula is C8H10N2O3. The SMILES string of the molecule is O=C(O)c1ncn2c1CCCC2O. The van der Waals surface area contributed by atoms with Crippen LogP contribution in [0, 0.1) is 0 Å². The van der Waals surface area contributed by atoms with E-state index < -0.39 is 12.2 Å². The molecule has 5 heteroatoms. The molecule has 0 radical (unpaired) electrons. The molecule has 1 unspecified atom stereocenters. The molecule has 0 saturated heterocycles. The first-order valence-corrected chi connectivity index (χ1v) is 4.17. The second kappa shape index (κ2) is 2.85. The second-order valence-electron chi connectivity index (χ2n) is 3.13. The summed E-state index contributed by atoms with van der Waals surface area (Å²) in [6, 6.07) is 0. The third-order valence-corrected chi connectivity index (χ3v) is 2.30. The van der Waals surface area contributed by atoms with Gasteiger partial charge in [0, 0.05) is 0 Å². The van der Waals surface area contributed by atoms with Crippen LogP contribution in [0.25, 0.3) is 0 Å². The average molecular weight is 182 g/mol. The van der Waals surface area contributed by atoms with Gasteiger partial charge in [-0.25, -0.2) is 9.78 Å². The van der Waals surface area contributed by atoms with Crippen LogP contribution in [0.2, 0.25) is 0 Å². The van der Waals surface area contributed by atoms with Gasteiger partial charge in [0.2, 0.25) is 0 Å². The molecule has 0 bridgehead atoms. The summed E-state index contributed by atoms with van der Waals surface area (Å²) in [5.74, 6) is -1.03. The van der Waals surface area contributed by atoms with E-state index in [1.54, 1.807) is 0 Å². The van der Waals surface area contributed by atoms with Crippen LogP contribution in [0.1, 0.15) is 35.3 Å². The molecule has 0 aromatic carbocycles. The summed E-state index contributed by atoms with van der Waals surface area (Å²) < 4.78 is 1.53. The molecule has 1 aliphatic rings. The standard InChI is InChI=1S/C8H10N2O3/c11-6-3-1-2-5-7(8(12)13)9-4-10(5)6/h4,6,11H,1-3H2,(H,12,13). The lowest BCUT2D eigenvalue weighted by Gasteiger charge is -2.20. The number of nitrogens with zero attached hydrogens (tertiary/aromatic N) is 2. The normalized spacial score (nSPS) is 21.2. The number of hydrogen-bond acceptors (Lipinski definition) is 3. The van der Waals surface area contributed by atoms with Crippen LogP contribution in [0.4, 0.5) is 0 Å². The van der Waals surface area contributed by atoms with Gasteiger partial charge in [0.05, 0.1) is 12.0 Å². The molecule has 1 aromatic heterocycles. The fourth-order valence-corrected chi connectivity index (χ4v) is 1.66. The van der Waals surface area contributed by atoms with E-state index in [0.29, 0.717) is 18.5 Å². The lowest BCUT2D eigenvalue weighted by Crippen LogP contribution is -2.17. The number of carbonyl (C=O) groups is 1. The summed E-state index contributed by atoms with van der Waals surface area (Å²) in [6.07, 6.45) is 2.95. The van der Waals surface area contributed by atoms with Crippen molar-refractivity contribution < 1.29 is 15.0 Å². The summed E-state index contributed by atoms with van der Waals surface area (Å²) in [5.41, 5.74) is 0.699. The van der Waals surface area contributed by atoms with Gasteiger partial charge in [-0.3, -0.25) is 0 Å². The van der Waals surface area contributed by atoms with Crippen molar-refractivity contribution in [2.24, 2.45) is 0 Å². The van der Waals surface area contributed by atoms with Crippen molar-refractivity contribution >= 4 is 5.97 Å². The first-order valence-electron chi connectivity index (χ1n) is 4.17. The highest BCUT2D eigenvalue weighted by atomic mass is 16.4. The number of aromatic carboxylic acids is 1. The molecule has 1 aliphatic heterocycles. The number of aliphatic hydroxyl groups excluding tert-OH is 1. The van der Waals surface area contributed by atoms with Crippen molar-refractivity contribution in [2.75, 3.05) is 0 Å². The Morgan fingerprint density at radius 1 is 1.69 bits per heavy atom. The van der Waals surface area contributed by atoms with Gasteiger partial charge in [0.15, 0.2) is 5.69 Å². The minimum atomic E-state index is -1.03. The number of carboxylic acid groups (broad SMARTS) is 1. The number of aromatic nitrogens is 2. The molecule has 70 valence electrons. The predicted octanol–water partition coefficient (Wildman–Crippen LogP) is 0.409. The predicted molar refractivity (Wildman–Crippen MR) is 43.4 cm³/mol. The molecule has 1 aromatic rings.